The van der Waals surface area contributed by atoms with Gasteiger partial charge >= 0.3 is 0 Å². The molecular formula is C32H32Cl2F2N4. The van der Waals surface area contributed by atoms with E-state index in [2.05, 4.69) is 26.9 Å². The molecule has 208 valence electrons. The summed E-state index contributed by atoms with van der Waals surface area (Å²) < 4.78 is 26.6. The second-order valence-corrected chi connectivity index (χ2v) is 11.0. The first-order chi connectivity index (χ1) is 19.4. The van der Waals surface area contributed by atoms with Gasteiger partial charge in [-0.25, -0.2) is 18.7 Å². The molecule has 0 saturated carbocycles. The highest BCUT2D eigenvalue weighted by Gasteiger charge is 2.15. The average molecular weight is 582 g/mol. The Balaban J connectivity index is 0.000000194. The van der Waals surface area contributed by atoms with Crippen molar-refractivity contribution in [3.05, 3.63) is 94.7 Å². The number of halogens is 4. The summed E-state index contributed by atoms with van der Waals surface area (Å²) in [5.74, 6) is -0.528. The highest BCUT2D eigenvalue weighted by Crippen LogP contribution is 2.31. The molecule has 0 spiro atoms. The topological polar surface area (TPSA) is 32.3 Å². The van der Waals surface area contributed by atoms with Gasteiger partial charge in [0.25, 0.3) is 0 Å². The number of piperidine rings is 2. The van der Waals surface area contributed by atoms with Gasteiger partial charge in [0.05, 0.1) is 11.4 Å². The van der Waals surface area contributed by atoms with Gasteiger partial charge in [0.15, 0.2) is 0 Å². The van der Waals surface area contributed by atoms with Crippen LogP contribution in [0.3, 0.4) is 0 Å². The third-order valence-corrected chi connectivity index (χ3v) is 7.67. The lowest BCUT2D eigenvalue weighted by atomic mass is 10.0. The van der Waals surface area contributed by atoms with E-state index in [-0.39, 0.29) is 11.6 Å². The summed E-state index contributed by atoms with van der Waals surface area (Å²) in [6.07, 6.45) is 7.44. The molecule has 0 radical (unpaired) electrons. The molecule has 0 N–H and O–H groups in total. The van der Waals surface area contributed by atoms with E-state index in [0.717, 1.165) is 60.1 Å². The van der Waals surface area contributed by atoms with Crippen molar-refractivity contribution in [3.8, 4) is 22.5 Å². The Kier molecular flexibility index (Phi) is 9.50. The molecule has 4 nitrogen and oxygen atoms in total. The molecule has 2 aromatic carbocycles. The quantitative estimate of drug-likeness (QED) is 0.225. The van der Waals surface area contributed by atoms with Gasteiger partial charge in [0.2, 0.25) is 0 Å². The summed E-state index contributed by atoms with van der Waals surface area (Å²) in [6.45, 7) is 4.23. The van der Waals surface area contributed by atoms with Gasteiger partial charge in [-0.1, -0.05) is 23.2 Å². The molecule has 2 aliphatic rings. The van der Waals surface area contributed by atoms with Crippen molar-refractivity contribution in [2.24, 2.45) is 0 Å². The van der Waals surface area contributed by atoms with Crippen LogP contribution >= 0.6 is 23.2 Å². The number of nitrogens with zero attached hydrogens (tertiary/aromatic N) is 4. The molecule has 4 heterocycles. The largest absolute Gasteiger partial charge is 0.371 e. The fourth-order valence-corrected chi connectivity index (χ4v) is 5.62. The smallest absolute Gasteiger partial charge is 0.132 e. The van der Waals surface area contributed by atoms with Crippen LogP contribution in [0.4, 0.5) is 20.2 Å². The summed E-state index contributed by atoms with van der Waals surface area (Å²) in [4.78, 5) is 13.4. The third kappa shape index (κ3) is 7.49. The normalized spacial score (nSPS) is 15.4. The number of hydrogen-bond donors (Lipinski definition) is 0. The van der Waals surface area contributed by atoms with Crippen molar-refractivity contribution in [3.63, 3.8) is 0 Å². The Morgan fingerprint density at radius 2 is 0.875 bits per heavy atom. The fraction of sp³-hybridized carbons (Fsp3) is 0.312. The minimum atomic E-state index is -0.264. The molecule has 6 rings (SSSR count). The van der Waals surface area contributed by atoms with Gasteiger partial charge in [-0.05, 0) is 111 Å². The number of benzene rings is 2. The SMILES string of the molecule is Clc1cc(N2CCCCC2)cc(Cl)n1.Fc1ccc(-c2cc(N3CCCCC3)cc(-c3ccc(F)cc3)n2)cc1. The van der Waals surface area contributed by atoms with Crippen LogP contribution in [0.15, 0.2) is 72.8 Å². The summed E-state index contributed by atoms with van der Waals surface area (Å²) >= 11 is 11.7. The molecule has 2 aromatic heterocycles. The van der Waals surface area contributed by atoms with Crippen LogP contribution in [0.2, 0.25) is 10.3 Å². The molecule has 40 heavy (non-hydrogen) atoms. The zero-order valence-electron chi connectivity index (χ0n) is 22.3. The minimum absolute atomic E-state index is 0.264. The summed E-state index contributed by atoms with van der Waals surface area (Å²) in [5, 5.41) is 0.941. The number of aromatic nitrogens is 2. The molecule has 0 unspecified atom stereocenters. The zero-order valence-corrected chi connectivity index (χ0v) is 23.8. The van der Waals surface area contributed by atoms with Gasteiger partial charge < -0.3 is 9.80 Å². The molecule has 4 aromatic rings. The molecule has 2 aliphatic heterocycles. The molecule has 0 aliphatic carbocycles. The summed E-state index contributed by atoms with van der Waals surface area (Å²) in [5.41, 5.74) is 5.54. The van der Waals surface area contributed by atoms with E-state index in [4.69, 9.17) is 28.2 Å². The number of rotatable bonds is 4. The summed E-state index contributed by atoms with van der Waals surface area (Å²) in [6, 6.07) is 20.6. The number of pyridine rings is 2. The van der Waals surface area contributed by atoms with E-state index in [1.54, 1.807) is 24.3 Å². The van der Waals surface area contributed by atoms with E-state index >= 15 is 0 Å². The Hall–Kier alpha value is -3.22. The second kappa shape index (κ2) is 13.4. The van der Waals surface area contributed by atoms with Crippen LogP contribution in [0, 0.1) is 11.6 Å². The maximum atomic E-state index is 13.3. The standard InChI is InChI=1S/C22H20F2N2.C10H12Cl2N2/c23-18-8-4-16(5-9-18)21-14-20(26-12-2-1-3-13-26)15-22(25-21)17-6-10-19(24)11-7-17;11-9-6-8(7-10(12)13-9)14-4-2-1-3-5-14/h4-11,14-15H,1-3,12-13H2;6-7H,1-5H2. The Bertz CT molecular complexity index is 1320. The third-order valence-electron chi connectivity index (χ3n) is 7.28. The maximum Gasteiger partial charge on any atom is 0.132 e. The molecule has 2 fully saturated rings. The zero-order chi connectivity index (χ0) is 27.9. The van der Waals surface area contributed by atoms with Crippen molar-refractivity contribution in [2.45, 2.75) is 38.5 Å². The highest BCUT2D eigenvalue weighted by molar-refractivity contribution is 6.32. The lowest BCUT2D eigenvalue weighted by Crippen LogP contribution is -2.29. The van der Waals surface area contributed by atoms with Crippen molar-refractivity contribution >= 4 is 34.6 Å². The van der Waals surface area contributed by atoms with Crippen LogP contribution in [-0.4, -0.2) is 36.1 Å². The molecule has 8 heteroatoms. The van der Waals surface area contributed by atoms with Crippen LogP contribution in [0.1, 0.15) is 38.5 Å². The van der Waals surface area contributed by atoms with Crippen molar-refractivity contribution in [1.82, 2.24) is 9.97 Å². The van der Waals surface area contributed by atoms with Gasteiger partial charge in [0, 0.05) is 48.7 Å². The Morgan fingerprint density at radius 3 is 1.27 bits per heavy atom. The first-order valence-electron chi connectivity index (χ1n) is 13.8. The molecule has 0 bridgehead atoms. The molecule has 2 saturated heterocycles. The first kappa shape index (κ1) is 28.3. The Labute approximate surface area is 244 Å². The molecule has 0 amide bonds. The van der Waals surface area contributed by atoms with Crippen molar-refractivity contribution in [2.75, 3.05) is 36.0 Å². The highest BCUT2D eigenvalue weighted by atomic mass is 35.5. The monoisotopic (exact) mass is 580 g/mol. The summed E-state index contributed by atoms with van der Waals surface area (Å²) in [7, 11) is 0. The first-order valence-corrected chi connectivity index (χ1v) is 14.6. The van der Waals surface area contributed by atoms with Crippen LogP contribution in [0.25, 0.3) is 22.5 Å². The average Bonchev–Trinajstić information content (AvgIpc) is 2.98. The van der Waals surface area contributed by atoms with Gasteiger partial charge in [-0.3, -0.25) is 0 Å². The number of anilines is 2. The van der Waals surface area contributed by atoms with E-state index in [0.29, 0.717) is 10.3 Å². The van der Waals surface area contributed by atoms with E-state index < -0.39 is 0 Å². The van der Waals surface area contributed by atoms with Crippen LogP contribution in [0.5, 0.6) is 0 Å². The predicted octanol–water partition coefficient (Wildman–Crippen LogP) is 9.06. The Morgan fingerprint density at radius 1 is 0.500 bits per heavy atom. The van der Waals surface area contributed by atoms with Gasteiger partial charge in [0.1, 0.15) is 21.9 Å². The fourth-order valence-electron chi connectivity index (χ4n) is 5.17. The van der Waals surface area contributed by atoms with E-state index in [1.165, 1.54) is 62.8 Å². The predicted molar refractivity (Wildman–Crippen MR) is 161 cm³/mol. The lowest BCUT2D eigenvalue weighted by Gasteiger charge is -2.29. The second-order valence-electron chi connectivity index (χ2n) is 10.2. The van der Waals surface area contributed by atoms with Gasteiger partial charge in [-0.2, -0.15) is 0 Å². The van der Waals surface area contributed by atoms with Crippen LogP contribution in [-0.2, 0) is 0 Å². The van der Waals surface area contributed by atoms with E-state index in [1.807, 2.05) is 12.1 Å². The van der Waals surface area contributed by atoms with Crippen molar-refractivity contribution < 1.29 is 8.78 Å². The molecule has 0 atom stereocenters. The van der Waals surface area contributed by atoms with E-state index in [9.17, 15) is 8.78 Å². The van der Waals surface area contributed by atoms with Gasteiger partial charge in [-0.15, -0.1) is 0 Å². The maximum absolute atomic E-state index is 13.3. The molecular weight excluding hydrogens is 549 g/mol. The lowest BCUT2D eigenvalue weighted by molar-refractivity contribution is 0.577. The minimum Gasteiger partial charge on any atom is -0.371 e. The van der Waals surface area contributed by atoms with Crippen molar-refractivity contribution in [1.29, 1.82) is 0 Å². The number of hydrogen-bond acceptors (Lipinski definition) is 4. The van der Waals surface area contributed by atoms with Crippen LogP contribution < -0.4 is 9.80 Å².